The van der Waals surface area contributed by atoms with Gasteiger partial charge < -0.3 is 9.47 Å². The first-order valence-corrected chi connectivity index (χ1v) is 17.2. The Morgan fingerprint density at radius 3 is 1.40 bits per heavy atom. The van der Waals surface area contributed by atoms with Crippen LogP contribution in [-0.4, -0.2) is 13.2 Å². The number of rotatable bonds is 12. The Bertz CT molecular complexity index is 1850. The summed E-state index contributed by atoms with van der Waals surface area (Å²) in [5.74, 6) is 2.82. The maximum absolute atomic E-state index is 5.93. The van der Waals surface area contributed by atoms with E-state index in [9.17, 15) is 0 Å². The molecule has 0 saturated heterocycles. The first-order chi connectivity index (χ1) is 23.0. The molecule has 0 bridgehead atoms. The molecule has 2 nitrogen and oxygen atoms in total. The highest BCUT2D eigenvalue weighted by atomic mass is 16.5. The van der Waals surface area contributed by atoms with Gasteiger partial charge in [0.25, 0.3) is 0 Å². The molecule has 0 fully saturated rings. The van der Waals surface area contributed by atoms with Crippen LogP contribution in [0.5, 0.6) is 11.5 Å². The van der Waals surface area contributed by atoms with Crippen LogP contribution < -0.4 is 9.47 Å². The van der Waals surface area contributed by atoms with Crippen molar-refractivity contribution in [3.8, 4) is 33.8 Å². The first kappa shape index (κ1) is 34.5. The van der Waals surface area contributed by atoms with Crippen LogP contribution in [0.4, 0.5) is 0 Å². The lowest BCUT2D eigenvalue weighted by Gasteiger charge is -2.15. The number of ether oxygens (including phenoxy) is 2. The normalized spacial score (nSPS) is 12.1. The number of hydrogen-bond acceptors (Lipinski definition) is 2. The fourth-order valence-corrected chi connectivity index (χ4v) is 5.65. The van der Waals surface area contributed by atoms with Crippen LogP contribution in [-0.2, 0) is 0 Å². The number of aryl methyl sites for hydroxylation is 2. The Kier molecular flexibility index (Phi) is 11.4. The van der Waals surface area contributed by atoms with Crippen LogP contribution >= 0.6 is 0 Å². The predicted octanol–water partition coefficient (Wildman–Crippen LogP) is 12.8. The summed E-state index contributed by atoms with van der Waals surface area (Å²) in [6.07, 6.45) is 4.62. The molecule has 0 radical (unpaired) electrons. The lowest BCUT2D eigenvalue weighted by Crippen LogP contribution is -2.04. The molecule has 5 aromatic carbocycles. The summed E-state index contributed by atoms with van der Waals surface area (Å²) in [7, 11) is 0. The van der Waals surface area contributed by atoms with Crippen molar-refractivity contribution in [2.75, 3.05) is 13.2 Å². The number of allylic oxidation sites excluding steroid dienone is 2. The Morgan fingerprint density at radius 2 is 0.938 bits per heavy atom. The maximum atomic E-state index is 5.93. The van der Waals surface area contributed by atoms with Crippen LogP contribution in [0, 0.1) is 25.7 Å². The van der Waals surface area contributed by atoms with Gasteiger partial charge in [0.05, 0.1) is 13.2 Å². The summed E-state index contributed by atoms with van der Waals surface area (Å²) >= 11 is 0. The van der Waals surface area contributed by atoms with Crippen LogP contribution in [0.25, 0.3) is 45.6 Å². The molecule has 0 aromatic heterocycles. The fraction of sp³-hybridized carbons (Fsp3) is 0.261. The predicted molar refractivity (Wildman–Crippen MR) is 207 cm³/mol. The smallest absolute Gasteiger partial charge is 0.119 e. The second-order valence-corrected chi connectivity index (χ2v) is 13.9. The number of hydrogen-bond donors (Lipinski definition) is 0. The van der Waals surface area contributed by atoms with Gasteiger partial charge in [0.2, 0.25) is 0 Å². The summed E-state index contributed by atoms with van der Waals surface area (Å²) in [6, 6.07) is 39.3. The van der Waals surface area contributed by atoms with Crippen molar-refractivity contribution in [2.45, 2.75) is 55.4 Å². The highest BCUT2D eigenvalue weighted by molar-refractivity contribution is 5.90. The van der Waals surface area contributed by atoms with Crippen LogP contribution in [0.15, 0.2) is 109 Å². The lowest BCUT2D eigenvalue weighted by atomic mass is 9.90. The van der Waals surface area contributed by atoms with E-state index in [1.165, 1.54) is 66.8 Å². The molecule has 5 aromatic rings. The van der Waals surface area contributed by atoms with Crippen LogP contribution in [0.1, 0.15) is 74.9 Å². The molecule has 0 atom stereocenters. The van der Waals surface area contributed by atoms with Gasteiger partial charge in [-0.3, -0.25) is 0 Å². The van der Waals surface area contributed by atoms with E-state index >= 15 is 0 Å². The van der Waals surface area contributed by atoms with Gasteiger partial charge in [-0.05, 0) is 131 Å². The zero-order chi connectivity index (χ0) is 34.2. The van der Waals surface area contributed by atoms with Crippen molar-refractivity contribution in [1.82, 2.24) is 0 Å². The summed E-state index contributed by atoms with van der Waals surface area (Å²) in [4.78, 5) is 0. The van der Waals surface area contributed by atoms with E-state index in [1.54, 1.807) is 0 Å². The molecule has 0 saturated carbocycles. The molecule has 5 rings (SSSR count). The molecular formula is C46H50O2. The molecule has 246 valence electrons. The zero-order valence-electron chi connectivity index (χ0n) is 29.9. The fourth-order valence-electron chi connectivity index (χ4n) is 5.65. The van der Waals surface area contributed by atoms with Crippen LogP contribution in [0.2, 0.25) is 0 Å². The van der Waals surface area contributed by atoms with Crippen molar-refractivity contribution >= 4 is 23.3 Å². The average molecular weight is 635 g/mol. The van der Waals surface area contributed by atoms with Crippen molar-refractivity contribution in [3.05, 3.63) is 143 Å². The molecule has 0 heterocycles. The topological polar surface area (TPSA) is 18.5 Å². The van der Waals surface area contributed by atoms with Gasteiger partial charge >= 0.3 is 0 Å². The van der Waals surface area contributed by atoms with Gasteiger partial charge in [0, 0.05) is 0 Å². The molecule has 0 spiro atoms. The van der Waals surface area contributed by atoms with Crippen molar-refractivity contribution in [3.63, 3.8) is 0 Å². The lowest BCUT2D eigenvalue weighted by molar-refractivity contribution is 0.271. The second kappa shape index (κ2) is 15.8. The molecule has 0 unspecified atom stereocenters. The minimum Gasteiger partial charge on any atom is -0.493 e. The molecule has 48 heavy (non-hydrogen) atoms. The Hall–Kier alpha value is -4.82. The highest BCUT2D eigenvalue weighted by Crippen LogP contribution is 2.34. The van der Waals surface area contributed by atoms with Gasteiger partial charge in [0.1, 0.15) is 11.5 Å². The molecule has 0 amide bonds. The Balaban J connectivity index is 1.51. The number of benzene rings is 5. The summed E-state index contributed by atoms with van der Waals surface area (Å²) < 4.78 is 11.8. The van der Waals surface area contributed by atoms with Gasteiger partial charge in [-0.2, -0.15) is 0 Å². The summed E-state index contributed by atoms with van der Waals surface area (Å²) in [6.45, 7) is 18.8. The minimum atomic E-state index is 0.496. The van der Waals surface area contributed by atoms with Gasteiger partial charge in [-0.15, -0.1) is 0 Å². The Morgan fingerprint density at radius 1 is 0.521 bits per heavy atom. The largest absolute Gasteiger partial charge is 0.493 e. The standard InChI is InChI=1S/C46H50O2/c1-31(2)29-47-44-21-17-37(18-22-44)34(6)25-42-28-46(41-15-13-40(14-16-41)39-11-9-33(5)10-12-39)43(27-36(42)8)26-35(7)38-19-23-45(24-20-38)48-30-32(3)4/h9-28,31-32H,29-30H2,1-8H3/b34-25?,35-26+. The third-order valence-electron chi connectivity index (χ3n) is 8.55. The van der Waals surface area contributed by atoms with Crippen molar-refractivity contribution in [2.24, 2.45) is 11.8 Å². The first-order valence-electron chi connectivity index (χ1n) is 17.2. The molecule has 2 heteroatoms. The van der Waals surface area contributed by atoms with E-state index in [2.05, 4.69) is 177 Å². The highest BCUT2D eigenvalue weighted by Gasteiger charge is 2.11. The van der Waals surface area contributed by atoms with E-state index in [-0.39, 0.29) is 0 Å². The van der Waals surface area contributed by atoms with E-state index in [4.69, 9.17) is 9.47 Å². The summed E-state index contributed by atoms with van der Waals surface area (Å²) in [5.41, 5.74) is 14.6. The molecule has 0 aliphatic rings. The quantitative estimate of drug-likeness (QED) is 0.127. The van der Waals surface area contributed by atoms with Crippen molar-refractivity contribution in [1.29, 1.82) is 0 Å². The minimum absolute atomic E-state index is 0.496. The third-order valence-corrected chi connectivity index (χ3v) is 8.55. The van der Waals surface area contributed by atoms with Crippen molar-refractivity contribution < 1.29 is 9.47 Å². The maximum Gasteiger partial charge on any atom is 0.119 e. The van der Waals surface area contributed by atoms with E-state index < -0.39 is 0 Å². The SMILES string of the molecule is CC(=Cc1cc(-c2ccc(-c3ccc(C)cc3)cc2)c(/C=C(\C)c2ccc(OCC(C)C)cc2)cc1C)c1ccc(OCC(C)C)cc1. The van der Waals surface area contributed by atoms with Gasteiger partial charge in [-0.25, -0.2) is 0 Å². The summed E-state index contributed by atoms with van der Waals surface area (Å²) in [5, 5.41) is 0. The van der Waals surface area contributed by atoms with E-state index in [0.29, 0.717) is 11.8 Å². The van der Waals surface area contributed by atoms with E-state index in [0.717, 1.165) is 24.7 Å². The molecule has 0 aliphatic carbocycles. The molecule has 0 aliphatic heterocycles. The van der Waals surface area contributed by atoms with Gasteiger partial charge in [-0.1, -0.05) is 124 Å². The molecular weight excluding hydrogens is 585 g/mol. The zero-order valence-corrected chi connectivity index (χ0v) is 29.9. The van der Waals surface area contributed by atoms with Gasteiger partial charge in [0.15, 0.2) is 0 Å². The van der Waals surface area contributed by atoms with Crippen LogP contribution in [0.3, 0.4) is 0 Å². The van der Waals surface area contributed by atoms with E-state index in [1.807, 2.05) is 0 Å². The third kappa shape index (κ3) is 9.16. The Labute approximate surface area is 288 Å². The average Bonchev–Trinajstić information content (AvgIpc) is 3.08. The molecule has 0 N–H and O–H groups in total. The second-order valence-electron chi connectivity index (χ2n) is 13.9. The monoisotopic (exact) mass is 634 g/mol.